The predicted molar refractivity (Wildman–Crippen MR) is 149 cm³/mol. The first-order chi connectivity index (χ1) is 19.8. The number of β-lactam (4-membered cyclic amide) rings is 1. The molecule has 0 bridgehead atoms. The van der Waals surface area contributed by atoms with Crippen LogP contribution in [0.15, 0.2) is 54.6 Å². The summed E-state index contributed by atoms with van der Waals surface area (Å²) in [6.07, 6.45) is 0.368. The molecule has 2 aromatic carbocycles. The summed E-state index contributed by atoms with van der Waals surface area (Å²) in [4.78, 5) is 77.0. The third-order valence-electron chi connectivity index (χ3n) is 7.24. The molecule has 0 aromatic heterocycles. The molecule has 0 saturated carbocycles. The highest BCUT2D eigenvalue weighted by atomic mass is 32.2. The molecule has 2 aliphatic heterocycles. The second-order valence-corrected chi connectivity index (χ2v) is 12.0. The number of hydrogen-bond acceptors (Lipinski definition) is 8. The van der Waals surface area contributed by atoms with E-state index in [9.17, 15) is 39.0 Å². The SMILES string of the molecule is CC1(C)S[C@@H]2[C@@H](NC=O)C(=O)N2[C@@]1(NC(=O)C(NC(=O)C(Cc1ccccc1)NC(N)=O)c1ccc(O)cc1)C(=O)O. The van der Waals surface area contributed by atoms with E-state index >= 15 is 0 Å². The standard InChI is InChI=1S/C27H30N6O8S/c1-26(2)27(24(39)40,33-22(38)19(29-13-34)23(33)42-26)32-21(37)18(15-8-10-16(35)11-9-15)31-20(36)17(30-25(28)41)12-14-6-4-3-5-7-14/h3-11,13,17-19,23,35H,12H2,1-2H3,(H,29,34)(H,31,36)(H,32,37)(H,39,40)(H3,28,30,41)/t17?,18?,19-,23+,27-/m0/s1. The number of benzene rings is 2. The number of aromatic hydroxyl groups is 1. The van der Waals surface area contributed by atoms with Crippen molar-refractivity contribution in [3.8, 4) is 5.75 Å². The predicted octanol–water partition coefficient (Wildman–Crippen LogP) is -0.465. The Hall–Kier alpha value is -4.79. The van der Waals surface area contributed by atoms with E-state index in [1.807, 2.05) is 0 Å². The van der Waals surface area contributed by atoms with Crippen molar-refractivity contribution in [1.29, 1.82) is 0 Å². The fraction of sp³-hybridized carbons (Fsp3) is 0.333. The van der Waals surface area contributed by atoms with Crippen LogP contribution in [0.4, 0.5) is 4.79 Å². The number of fused-ring (bicyclic) bond motifs is 1. The van der Waals surface area contributed by atoms with Crippen molar-refractivity contribution in [2.45, 2.75) is 54.2 Å². The first-order valence-corrected chi connectivity index (χ1v) is 13.7. The smallest absolute Gasteiger partial charge is 0.352 e. The van der Waals surface area contributed by atoms with Crippen LogP contribution in [0, 0.1) is 0 Å². The van der Waals surface area contributed by atoms with Crippen molar-refractivity contribution in [1.82, 2.24) is 26.2 Å². The second-order valence-electron chi connectivity index (χ2n) is 10.3. The van der Waals surface area contributed by atoms with E-state index in [1.165, 1.54) is 38.1 Å². The molecule has 42 heavy (non-hydrogen) atoms. The van der Waals surface area contributed by atoms with E-state index in [0.29, 0.717) is 12.0 Å². The number of amides is 6. The van der Waals surface area contributed by atoms with Gasteiger partial charge in [0.2, 0.25) is 23.9 Å². The van der Waals surface area contributed by atoms with Gasteiger partial charge in [-0.1, -0.05) is 42.5 Å². The lowest BCUT2D eigenvalue weighted by Gasteiger charge is -2.49. The minimum atomic E-state index is -2.26. The van der Waals surface area contributed by atoms with Crippen LogP contribution in [0.2, 0.25) is 0 Å². The van der Waals surface area contributed by atoms with Crippen LogP contribution in [-0.4, -0.2) is 79.1 Å². The van der Waals surface area contributed by atoms with Gasteiger partial charge < -0.3 is 37.2 Å². The summed E-state index contributed by atoms with van der Waals surface area (Å²) in [5.41, 5.74) is 3.91. The van der Waals surface area contributed by atoms with Gasteiger partial charge in [-0.3, -0.25) is 24.1 Å². The average Bonchev–Trinajstić information content (AvgIpc) is 3.14. The van der Waals surface area contributed by atoms with Gasteiger partial charge in [0.1, 0.15) is 29.2 Å². The molecular weight excluding hydrogens is 568 g/mol. The summed E-state index contributed by atoms with van der Waals surface area (Å²) in [7, 11) is 0. The zero-order valence-electron chi connectivity index (χ0n) is 22.6. The largest absolute Gasteiger partial charge is 0.508 e. The summed E-state index contributed by atoms with van der Waals surface area (Å²) in [6, 6.07) is 9.31. The Labute approximate surface area is 244 Å². The lowest BCUT2D eigenvalue weighted by atomic mass is 9.88. The number of phenolic OH excluding ortho intramolecular Hbond substituents is 1. The fourth-order valence-electron chi connectivity index (χ4n) is 5.16. The molecule has 5 atom stereocenters. The van der Waals surface area contributed by atoms with E-state index in [-0.39, 0.29) is 17.7 Å². The zero-order valence-corrected chi connectivity index (χ0v) is 23.4. The van der Waals surface area contributed by atoms with Gasteiger partial charge in [0, 0.05) is 6.42 Å². The molecule has 222 valence electrons. The quantitative estimate of drug-likeness (QED) is 0.131. The first-order valence-electron chi connectivity index (χ1n) is 12.8. The third-order valence-corrected chi connectivity index (χ3v) is 8.85. The number of phenols is 1. The number of nitrogens with two attached hydrogens (primary N) is 1. The van der Waals surface area contributed by atoms with Gasteiger partial charge in [-0.25, -0.2) is 9.59 Å². The highest BCUT2D eigenvalue weighted by Gasteiger charge is 2.74. The topological polar surface area (TPSA) is 220 Å². The maximum Gasteiger partial charge on any atom is 0.352 e. The molecule has 6 amide bonds. The van der Waals surface area contributed by atoms with Gasteiger partial charge in [0.05, 0.1) is 4.75 Å². The maximum atomic E-state index is 13.9. The molecule has 2 heterocycles. The zero-order chi connectivity index (χ0) is 30.8. The Bertz CT molecular complexity index is 1410. The van der Waals surface area contributed by atoms with Crippen LogP contribution in [0.3, 0.4) is 0 Å². The molecule has 8 N–H and O–H groups in total. The molecule has 0 spiro atoms. The number of carboxylic acid groups (broad SMARTS) is 1. The van der Waals surface area contributed by atoms with E-state index < -0.39 is 63.6 Å². The Kier molecular flexibility index (Phi) is 8.33. The summed E-state index contributed by atoms with van der Waals surface area (Å²) >= 11 is 1.09. The van der Waals surface area contributed by atoms with Crippen molar-refractivity contribution in [2.24, 2.45) is 5.73 Å². The van der Waals surface area contributed by atoms with E-state index in [4.69, 9.17) is 5.73 Å². The van der Waals surface area contributed by atoms with Crippen molar-refractivity contribution in [2.75, 3.05) is 0 Å². The molecule has 2 aromatic rings. The van der Waals surface area contributed by atoms with Crippen LogP contribution in [0.5, 0.6) is 5.75 Å². The number of aliphatic carboxylic acids is 1. The number of nitrogens with one attached hydrogen (secondary N) is 4. The number of carbonyl (C=O) groups excluding carboxylic acids is 5. The van der Waals surface area contributed by atoms with E-state index in [2.05, 4.69) is 21.3 Å². The van der Waals surface area contributed by atoms with Crippen LogP contribution in [-0.2, 0) is 30.4 Å². The summed E-state index contributed by atoms with van der Waals surface area (Å²) in [5.74, 6) is -4.14. The van der Waals surface area contributed by atoms with Gasteiger partial charge in [0.25, 0.3) is 5.91 Å². The number of carbonyl (C=O) groups is 6. The molecule has 15 heteroatoms. The van der Waals surface area contributed by atoms with Gasteiger partial charge in [-0.15, -0.1) is 11.8 Å². The number of nitrogens with zero attached hydrogens (tertiary/aromatic N) is 1. The Morgan fingerprint density at radius 1 is 1.05 bits per heavy atom. The van der Waals surface area contributed by atoms with Crippen LogP contribution in [0.25, 0.3) is 0 Å². The Balaban J connectivity index is 1.68. The third kappa shape index (κ3) is 5.42. The van der Waals surface area contributed by atoms with Gasteiger partial charge >= 0.3 is 12.0 Å². The first kappa shape index (κ1) is 30.2. The number of hydrogen-bond donors (Lipinski definition) is 7. The van der Waals surface area contributed by atoms with Crippen molar-refractivity contribution in [3.63, 3.8) is 0 Å². The highest BCUT2D eigenvalue weighted by molar-refractivity contribution is 8.01. The monoisotopic (exact) mass is 598 g/mol. The van der Waals surface area contributed by atoms with Gasteiger partial charge in [-0.2, -0.15) is 0 Å². The number of rotatable bonds is 11. The van der Waals surface area contributed by atoms with E-state index in [1.54, 1.807) is 30.3 Å². The number of thioether (sulfide) groups is 1. The van der Waals surface area contributed by atoms with Crippen LogP contribution < -0.4 is 27.0 Å². The van der Waals surface area contributed by atoms with Crippen LogP contribution in [0.1, 0.15) is 31.0 Å². The summed E-state index contributed by atoms with van der Waals surface area (Å²) < 4.78 is -1.29. The van der Waals surface area contributed by atoms with Gasteiger partial charge in [-0.05, 0) is 37.1 Å². The van der Waals surface area contributed by atoms with Gasteiger partial charge in [0.15, 0.2) is 0 Å². The maximum absolute atomic E-state index is 13.9. The summed E-state index contributed by atoms with van der Waals surface area (Å²) in [5, 5.41) is 29.2. The molecule has 4 rings (SSSR count). The van der Waals surface area contributed by atoms with Crippen molar-refractivity contribution < 1.29 is 39.0 Å². The molecular formula is C27H30N6O8S. The lowest BCUT2D eigenvalue weighted by molar-refractivity contribution is -0.176. The Morgan fingerprint density at radius 2 is 1.69 bits per heavy atom. The second kappa shape index (κ2) is 11.6. The Morgan fingerprint density at radius 3 is 2.26 bits per heavy atom. The molecule has 2 aliphatic rings. The van der Waals surface area contributed by atoms with Crippen molar-refractivity contribution >= 4 is 47.9 Å². The molecule has 2 saturated heterocycles. The average molecular weight is 599 g/mol. The number of primary amides is 1. The normalized spacial score (nSPS) is 23.4. The highest BCUT2D eigenvalue weighted by Crippen LogP contribution is 2.55. The van der Waals surface area contributed by atoms with Crippen molar-refractivity contribution in [3.05, 3.63) is 65.7 Å². The molecule has 14 nitrogen and oxygen atoms in total. The molecule has 0 aliphatic carbocycles. The van der Waals surface area contributed by atoms with E-state index in [0.717, 1.165) is 16.7 Å². The van der Waals surface area contributed by atoms with Crippen LogP contribution >= 0.6 is 11.8 Å². The molecule has 0 radical (unpaired) electrons. The number of urea groups is 1. The fourth-order valence-corrected chi connectivity index (χ4v) is 6.87. The minimum Gasteiger partial charge on any atom is -0.508 e. The minimum absolute atomic E-state index is 0.0251. The molecule has 2 unspecified atom stereocenters. The molecule has 2 fully saturated rings. The number of carboxylic acids is 1. The lowest BCUT2D eigenvalue weighted by Crippen LogP contribution is -2.80. The summed E-state index contributed by atoms with van der Waals surface area (Å²) in [6.45, 7) is 3.08.